The highest BCUT2D eigenvalue weighted by Crippen LogP contribution is 2.31. The summed E-state index contributed by atoms with van der Waals surface area (Å²) in [5.74, 6) is -1.10. The lowest BCUT2D eigenvalue weighted by atomic mass is 9.95. The summed E-state index contributed by atoms with van der Waals surface area (Å²) in [6.07, 6.45) is -1.66. The van der Waals surface area contributed by atoms with Crippen LogP contribution in [-0.2, 0) is 11.0 Å². The summed E-state index contributed by atoms with van der Waals surface area (Å²) >= 11 is 0. The third-order valence-electron chi connectivity index (χ3n) is 6.05. The van der Waals surface area contributed by atoms with Gasteiger partial charge in [0.2, 0.25) is 5.91 Å². The van der Waals surface area contributed by atoms with Crippen LogP contribution >= 0.6 is 0 Å². The molecule has 1 aliphatic heterocycles. The summed E-state index contributed by atoms with van der Waals surface area (Å²) in [7, 11) is 0. The van der Waals surface area contributed by atoms with Crippen LogP contribution in [0.3, 0.4) is 0 Å². The van der Waals surface area contributed by atoms with E-state index in [9.17, 15) is 33.0 Å². The van der Waals surface area contributed by atoms with Crippen molar-refractivity contribution in [1.82, 2.24) is 4.90 Å². The molecule has 0 saturated carbocycles. The van der Waals surface area contributed by atoms with E-state index in [1.807, 2.05) is 0 Å². The van der Waals surface area contributed by atoms with E-state index >= 15 is 0 Å². The SMILES string of the molecule is O=C(CCCC(=O)c1ccc(O)cc1)/N=C/C(CN1CCCC1)[C@H](O)c1ccc(C(F)(F)F)cc1. The fourth-order valence-electron chi connectivity index (χ4n) is 4.04. The number of hydrogen-bond donors (Lipinski definition) is 2. The Morgan fingerprint density at radius 1 is 1.00 bits per heavy atom. The van der Waals surface area contributed by atoms with Crippen molar-refractivity contribution < 1.29 is 33.0 Å². The van der Waals surface area contributed by atoms with E-state index in [0.717, 1.165) is 38.1 Å². The zero-order valence-electron chi connectivity index (χ0n) is 19.2. The maximum absolute atomic E-state index is 12.9. The molecule has 0 aliphatic carbocycles. The standard InChI is InChI=1S/C26H29F3N2O4/c27-26(28,29)21-10-6-19(7-11-21)25(35)20(17-31-14-1-2-15-31)16-30-24(34)5-3-4-23(33)18-8-12-22(32)13-9-18/h6-13,16,20,25,32,35H,1-5,14-15,17H2/b30-16+/t20?,25-/m1/s1. The highest BCUT2D eigenvalue weighted by Gasteiger charge is 2.31. The van der Waals surface area contributed by atoms with Crippen molar-refractivity contribution in [1.29, 1.82) is 0 Å². The number of amides is 1. The molecular weight excluding hydrogens is 461 g/mol. The molecule has 3 rings (SSSR count). The van der Waals surface area contributed by atoms with Crippen molar-refractivity contribution in [3.05, 3.63) is 65.2 Å². The largest absolute Gasteiger partial charge is 0.508 e. The van der Waals surface area contributed by atoms with Gasteiger partial charge >= 0.3 is 6.18 Å². The van der Waals surface area contributed by atoms with Gasteiger partial charge in [-0.2, -0.15) is 13.2 Å². The van der Waals surface area contributed by atoms with Crippen LogP contribution in [0.25, 0.3) is 0 Å². The molecule has 1 saturated heterocycles. The summed E-state index contributed by atoms with van der Waals surface area (Å²) in [6.45, 7) is 2.12. The number of aliphatic hydroxyl groups excluding tert-OH is 1. The summed E-state index contributed by atoms with van der Waals surface area (Å²) in [5, 5.41) is 20.2. The minimum Gasteiger partial charge on any atom is -0.508 e. The molecule has 6 nitrogen and oxygen atoms in total. The number of carbonyl (C=O) groups excluding carboxylic acids is 2. The topological polar surface area (TPSA) is 90.2 Å². The Labute approximate surface area is 202 Å². The van der Waals surface area contributed by atoms with E-state index in [1.54, 1.807) is 0 Å². The fraction of sp³-hybridized carbons (Fsp3) is 0.423. The Balaban J connectivity index is 1.59. The molecule has 2 N–H and O–H groups in total. The first-order chi connectivity index (χ1) is 16.6. The Bertz CT molecular complexity index is 1010. The third-order valence-corrected chi connectivity index (χ3v) is 6.05. The summed E-state index contributed by atoms with van der Waals surface area (Å²) in [6, 6.07) is 10.2. The average molecular weight is 491 g/mol. The molecule has 1 fully saturated rings. The van der Waals surface area contributed by atoms with Gasteiger partial charge in [0.1, 0.15) is 5.75 Å². The molecule has 0 aromatic heterocycles. The highest BCUT2D eigenvalue weighted by molar-refractivity contribution is 5.96. The summed E-state index contributed by atoms with van der Waals surface area (Å²) in [5.41, 5.74) is -0.0279. The number of aliphatic imine (C=N–C) groups is 1. The number of likely N-dealkylation sites (tertiary alicyclic amines) is 1. The van der Waals surface area contributed by atoms with Crippen molar-refractivity contribution in [2.75, 3.05) is 19.6 Å². The van der Waals surface area contributed by atoms with Crippen LogP contribution in [0.15, 0.2) is 53.5 Å². The Morgan fingerprint density at radius 3 is 2.23 bits per heavy atom. The van der Waals surface area contributed by atoms with Gasteiger partial charge in [0.25, 0.3) is 0 Å². The van der Waals surface area contributed by atoms with Gasteiger partial charge in [0, 0.05) is 37.1 Å². The number of ketones is 1. The van der Waals surface area contributed by atoms with Crippen molar-refractivity contribution in [3.8, 4) is 5.75 Å². The smallest absolute Gasteiger partial charge is 0.416 e. The molecule has 2 atom stereocenters. The van der Waals surface area contributed by atoms with Crippen molar-refractivity contribution in [2.45, 2.75) is 44.4 Å². The number of carbonyl (C=O) groups is 2. The molecule has 1 unspecified atom stereocenters. The van der Waals surface area contributed by atoms with Crippen molar-refractivity contribution in [3.63, 3.8) is 0 Å². The van der Waals surface area contributed by atoms with E-state index in [2.05, 4.69) is 9.89 Å². The molecule has 1 amide bonds. The number of phenolic OH excluding ortho intramolecular Hbond substituents is 1. The lowest BCUT2D eigenvalue weighted by Crippen LogP contribution is -2.31. The first-order valence-corrected chi connectivity index (χ1v) is 11.6. The molecule has 0 radical (unpaired) electrons. The number of alkyl halides is 3. The molecule has 1 heterocycles. The van der Waals surface area contributed by atoms with Crippen molar-refractivity contribution >= 4 is 17.9 Å². The van der Waals surface area contributed by atoms with Crippen LogP contribution in [0.4, 0.5) is 13.2 Å². The van der Waals surface area contributed by atoms with Gasteiger partial charge in [-0.3, -0.25) is 9.59 Å². The van der Waals surface area contributed by atoms with Gasteiger partial charge in [0.15, 0.2) is 5.78 Å². The Hall–Kier alpha value is -3.04. The summed E-state index contributed by atoms with van der Waals surface area (Å²) in [4.78, 5) is 30.6. The number of hydrogen-bond acceptors (Lipinski definition) is 5. The number of rotatable bonds is 10. The van der Waals surface area contributed by atoms with Gasteiger partial charge in [-0.1, -0.05) is 12.1 Å². The second kappa shape index (κ2) is 12.1. The molecule has 9 heteroatoms. The highest BCUT2D eigenvalue weighted by atomic mass is 19.4. The predicted octanol–water partition coefficient (Wildman–Crippen LogP) is 4.81. The second-order valence-corrected chi connectivity index (χ2v) is 8.73. The van der Waals surface area contributed by atoms with E-state index in [1.165, 1.54) is 42.6 Å². The van der Waals surface area contributed by atoms with E-state index in [-0.39, 0.29) is 24.4 Å². The molecule has 35 heavy (non-hydrogen) atoms. The van der Waals surface area contributed by atoms with Crippen molar-refractivity contribution in [2.24, 2.45) is 10.9 Å². The van der Waals surface area contributed by atoms with Gasteiger partial charge in [-0.25, -0.2) is 4.99 Å². The second-order valence-electron chi connectivity index (χ2n) is 8.73. The van der Waals surface area contributed by atoms with Gasteiger partial charge in [-0.15, -0.1) is 0 Å². The van der Waals surface area contributed by atoms with Crippen LogP contribution in [0, 0.1) is 5.92 Å². The maximum Gasteiger partial charge on any atom is 0.416 e. The number of benzene rings is 2. The molecular formula is C26H29F3N2O4. The van der Waals surface area contributed by atoms with E-state index in [0.29, 0.717) is 24.1 Å². The third kappa shape index (κ3) is 8.00. The Morgan fingerprint density at radius 2 is 1.63 bits per heavy atom. The van der Waals surface area contributed by atoms with Gasteiger partial charge in [-0.05, 0) is 74.3 Å². The number of Topliss-reactive ketones (excluding diaryl/α,β-unsaturated/α-hetero) is 1. The quantitative estimate of drug-likeness (QED) is 0.369. The van der Waals surface area contributed by atoms with E-state index < -0.39 is 29.7 Å². The molecule has 188 valence electrons. The number of aliphatic hydroxyl groups is 1. The van der Waals surface area contributed by atoms with Gasteiger partial charge < -0.3 is 15.1 Å². The van der Waals surface area contributed by atoms with Crippen LogP contribution in [-0.4, -0.2) is 52.7 Å². The monoisotopic (exact) mass is 490 g/mol. The lowest BCUT2D eigenvalue weighted by molar-refractivity contribution is -0.137. The number of nitrogens with zero attached hydrogens (tertiary/aromatic N) is 2. The molecule has 2 aromatic rings. The molecule has 0 bridgehead atoms. The molecule has 2 aromatic carbocycles. The average Bonchev–Trinajstić information content (AvgIpc) is 3.34. The fourth-order valence-corrected chi connectivity index (χ4v) is 4.04. The lowest BCUT2D eigenvalue weighted by Gasteiger charge is -2.25. The zero-order chi connectivity index (χ0) is 25.4. The minimum atomic E-state index is -4.46. The number of halogens is 3. The van der Waals surface area contributed by atoms with Crippen LogP contribution in [0.5, 0.6) is 5.75 Å². The predicted molar refractivity (Wildman–Crippen MR) is 125 cm³/mol. The minimum absolute atomic E-state index is 0.0487. The van der Waals surface area contributed by atoms with E-state index in [4.69, 9.17) is 0 Å². The first-order valence-electron chi connectivity index (χ1n) is 11.6. The van der Waals surface area contributed by atoms with Gasteiger partial charge in [0.05, 0.1) is 11.7 Å². The molecule has 0 spiro atoms. The van der Waals surface area contributed by atoms with Crippen LogP contribution in [0.2, 0.25) is 0 Å². The zero-order valence-corrected chi connectivity index (χ0v) is 19.2. The number of phenols is 1. The molecule has 1 aliphatic rings. The maximum atomic E-state index is 12.9. The summed E-state index contributed by atoms with van der Waals surface area (Å²) < 4.78 is 38.6. The number of aromatic hydroxyl groups is 1. The first kappa shape index (κ1) is 26.6. The van der Waals surface area contributed by atoms with Crippen LogP contribution < -0.4 is 0 Å². The van der Waals surface area contributed by atoms with Crippen LogP contribution in [0.1, 0.15) is 59.7 Å². The normalized spacial score (nSPS) is 16.5. The Kier molecular flexibility index (Phi) is 9.17.